The molecule has 1 fully saturated rings. The summed E-state index contributed by atoms with van der Waals surface area (Å²) in [5.74, 6) is 0.642. The number of hydrogen-bond donors (Lipinski definition) is 1. The predicted octanol–water partition coefficient (Wildman–Crippen LogP) is 3.10. The average molecular weight is 325 g/mol. The topological polar surface area (TPSA) is 54.5 Å². The molecule has 0 bridgehead atoms. The second-order valence-corrected chi connectivity index (χ2v) is 6.21. The number of hydrogen-bond acceptors (Lipinski definition) is 4. The molecular weight excluding hydrogens is 302 g/mol. The molecule has 1 amide bonds. The monoisotopic (exact) mass is 325 g/mol. The minimum absolute atomic E-state index is 0.180. The predicted molar refractivity (Wildman–Crippen MR) is 95.9 cm³/mol. The van der Waals surface area contributed by atoms with Crippen LogP contribution >= 0.6 is 0 Å². The molecule has 5 heteroatoms. The lowest BCUT2D eigenvalue weighted by Gasteiger charge is -2.27. The third kappa shape index (κ3) is 3.57. The van der Waals surface area contributed by atoms with Crippen molar-refractivity contribution in [3.8, 4) is 0 Å². The molecule has 0 radical (unpaired) electrons. The van der Waals surface area contributed by atoms with Crippen molar-refractivity contribution in [2.75, 3.05) is 36.5 Å². The van der Waals surface area contributed by atoms with Gasteiger partial charge in [-0.2, -0.15) is 0 Å². The fourth-order valence-electron chi connectivity index (χ4n) is 3.07. The number of morpholine rings is 1. The van der Waals surface area contributed by atoms with Crippen molar-refractivity contribution in [3.63, 3.8) is 0 Å². The Morgan fingerprint density at radius 1 is 1.12 bits per heavy atom. The molecule has 0 unspecified atom stereocenters. The zero-order chi connectivity index (χ0) is 17.1. The van der Waals surface area contributed by atoms with E-state index < -0.39 is 0 Å². The van der Waals surface area contributed by atoms with E-state index >= 15 is 0 Å². The quantitative estimate of drug-likeness (QED) is 0.942. The first-order valence-electron chi connectivity index (χ1n) is 8.23. The summed E-state index contributed by atoms with van der Waals surface area (Å²) in [5.41, 5.74) is 4.60. The van der Waals surface area contributed by atoms with E-state index in [1.807, 2.05) is 26.0 Å². The highest BCUT2D eigenvalue weighted by Gasteiger charge is 2.16. The minimum atomic E-state index is -0.180. The van der Waals surface area contributed by atoms with Crippen molar-refractivity contribution in [1.82, 2.24) is 4.98 Å². The molecule has 3 rings (SSSR count). The number of nitrogens with one attached hydrogen (secondary N) is 1. The van der Waals surface area contributed by atoms with E-state index in [1.165, 1.54) is 5.56 Å². The van der Waals surface area contributed by atoms with Gasteiger partial charge in [0.25, 0.3) is 5.91 Å². The number of aromatic nitrogens is 1. The second kappa shape index (κ2) is 7.01. The number of benzene rings is 1. The normalized spacial score (nSPS) is 14.5. The number of anilines is 2. The van der Waals surface area contributed by atoms with Gasteiger partial charge in [-0.15, -0.1) is 0 Å². The van der Waals surface area contributed by atoms with Gasteiger partial charge in [-0.1, -0.05) is 23.8 Å². The van der Waals surface area contributed by atoms with Gasteiger partial charge in [-0.25, -0.2) is 4.98 Å². The molecule has 2 heterocycles. The second-order valence-electron chi connectivity index (χ2n) is 6.21. The standard InChI is InChI=1S/C19H23N3O2/c1-13-11-14(2)18(15(3)12-13)21-19(23)16-5-4-6-17(20-16)22-7-9-24-10-8-22/h4-6,11-12H,7-10H2,1-3H3,(H,21,23). The van der Waals surface area contributed by atoms with Crippen LogP contribution in [-0.2, 0) is 4.74 Å². The lowest BCUT2D eigenvalue weighted by molar-refractivity contribution is 0.102. The van der Waals surface area contributed by atoms with Crippen molar-refractivity contribution in [1.29, 1.82) is 0 Å². The maximum atomic E-state index is 12.6. The highest BCUT2D eigenvalue weighted by Crippen LogP contribution is 2.23. The molecule has 126 valence electrons. The molecule has 2 aromatic rings. The van der Waals surface area contributed by atoms with Crippen LogP contribution in [-0.4, -0.2) is 37.2 Å². The summed E-state index contributed by atoms with van der Waals surface area (Å²) in [6.07, 6.45) is 0. The number of ether oxygens (including phenoxy) is 1. The first-order chi connectivity index (χ1) is 11.5. The number of nitrogens with zero attached hydrogens (tertiary/aromatic N) is 2. The zero-order valence-electron chi connectivity index (χ0n) is 14.4. The van der Waals surface area contributed by atoms with Crippen molar-refractivity contribution in [2.24, 2.45) is 0 Å². The van der Waals surface area contributed by atoms with Gasteiger partial charge in [0.2, 0.25) is 0 Å². The van der Waals surface area contributed by atoms with E-state index in [0.717, 1.165) is 35.7 Å². The highest BCUT2D eigenvalue weighted by atomic mass is 16.5. The summed E-state index contributed by atoms with van der Waals surface area (Å²) in [7, 11) is 0. The summed E-state index contributed by atoms with van der Waals surface area (Å²) < 4.78 is 5.37. The maximum absolute atomic E-state index is 12.6. The van der Waals surface area contributed by atoms with Crippen LogP contribution in [0.1, 0.15) is 27.2 Å². The zero-order valence-corrected chi connectivity index (χ0v) is 14.4. The number of amides is 1. The van der Waals surface area contributed by atoms with E-state index in [1.54, 1.807) is 6.07 Å². The summed E-state index contributed by atoms with van der Waals surface area (Å²) in [5, 5.41) is 3.01. The van der Waals surface area contributed by atoms with Crippen LogP contribution in [0.4, 0.5) is 11.5 Å². The Bertz CT molecular complexity index is 729. The van der Waals surface area contributed by atoms with E-state index in [0.29, 0.717) is 18.9 Å². The van der Waals surface area contributed by atoms with Crippen LogP contribution in [0.25, 0.3) is 0 Å². The molecule has 5 nitrogen and oxygen atoms in total. The Morgan fingerprint density at radius 3 is 2.46 bits per heavy atom. The van der Waals surface area contributed by atoms with Gasteiger partial charge in [0.15, 0.2) is 0 Å². The Hall–Kier alpha value is -2.40. The number of aryl methyl sites for hydroxylation is 3. The highest BCUT2D eigenvalue weighted by molar-refractivity contribution is 6.04. The molecule has 0 saturated carbocycles. The van der Waals surface area contributed by atoms with E-state index in [-0.39, 0.29) is 5.91 Å². The molecule has 1 saturated heterocycles. The van der Waals surface area contributed by atoms with Crippen LogP contribution in [0.5, 0.6) is 0 Å². The molecule has 1 aliphatic rings. The van der Waals surface area contributed by atoms with Crippen LogP contribution < -0.4 is 10.2 Å². The van der Waals surface area contributed by atoms with E-state index in [2.05, 4.69) is 34.3 Å². The fourth-order valence-corrected chi connectivity index (χ4v) is 3.07. The first kappa shape index (κ1) is 16.5. The minimum Gasteiger partial charge on any atom is -0.378 e. The van der Waals surface area contributed by atoms with E-state index in [4.69, 9.17) is 4.74 Å². The summed E-state index contributed by atoms with van der Waals surface area (Å²) in [6.45, 7) is 9.06. The maximum Gasteiger partial charge on any atom is 0.274 e. The molecule has 1 aromatic heterocycles. The molecule has 1 aromatic carbocycles. The van der Waals surface area contributed by atoms with Crippen LogP contribution in [0, 0.1) is 20.8 Å². The number of pyridine rings is 1. The van der Waals surface area contributed by atoms with Crippen LogP contribution in [0.15, 0.2) is 30.3 Å². The van der Waals surface area contributed by atoms with Crippen LogP contribution in [0.3, 0.4) is 0 Å². The Labute approximate surface area is 142 Å². The Morgan fingerprint density at radius 2 is 1.79 bits per heavy atom. The summed E-state index contributed by atoms with van der Waals surface area (Å²) in [6, 6.07) is 9.70. The SMILES string of the molecule is Cc1cc(C)c(NC(=O)c2cccc(N3CCOCC3)n2)c(C)c1. The fraction of sp³-hybridized carbons (Fsp3) is 0.368. The van der Waals surface area contributed by atoms with Gasteiger partial charge in [0, 0.05) is 18.8 Å². The van der Waals surface area contributed by atoms with Gasteiger partial charge in [-0.05, 0) is 44.0 Å². The van der Waals surface area contributed by atoms with Crippen molar-refractivity contribution in [3.05, 3.63) is 52.7 Å². The lowest BCUT2D eigenvalue weighted by Crippen LogP contribution is -2.37. The van der Waals surface area contributed by atoms with Crippen molar-refractivity contribution in [2.45, 2.75) is 20.8 Å². The van der Waals surface area contributed by atoms with Gasteiger partial charge in [0.1, 0.15) is 11.5 Å². The first-order valence-corrected chi connectivity index (χ1v) is 8.23. The molecule has 0 atom stereocenters. The smallest absolute Gasteiger partial charge is 0.274 e. The van der Waals surface area contributed by atoms with Gasteiger partial charge in [-0.3, -0.25) is 4.79 Å². The summed E-state index contributed by atoms with van der Waals surface area (Å²) in [4.78, 5) is 19.3. The Balaban J connectivity index is 1.80. The summed E-state index contributed by atoms with van der Waals surface area (Å²) >= 11 is 0. The van der Waals surface area contributed by atoms with Gasteiger partial charge in [0.05, 0.1) is 13.2 Å². The van der Waals surface area contributed by atoms with Gasteiger partial charge >= 0.3 is 0 Å². The molecule has 24 heavy (non-hydrogen) atoms. The lowest BCUT2D eigenvalue weighted by atomic mass is 10.0. The van der Waals surface area contributed by atoms with Crippen LogP contribution in [0.2, 0.25) is 0 Å². The van der Waals surface area contributed by atoms with Crippen molar-refractivity contribution < 1.29 is 9.53 Å². The van der Waals surface area contributed by atoms with E-state index in [9.17, 15) is 4.79 Å². The third-order valence-corrected chi connectivity index (χ3v) is 4.22. The number of carbonyl (C=O) groups excluding carboxylic acids is 1. The molecular formula is C19H23N3O2. The van der Waals surface area contributed by atoms with Gasteiger partial charge < -0.3 is 15.0 Å². The largest absolute Gasteiger partial charge is 0.378 e. The number of carbonyl (C=O) groups is 1. The molecule has 0 aliphatic carbocycles. The number of rotatable bonds is 3. The molecule has 1 aliphatic heterocycles. The van der Waals surface area contributed by atoms with Crippen molar-refractivity contribution >= 4 is 17.4 Å². The Kier molecular flexibility index (Phi) is 4.81. The molecule has 1 N–H and O–H groups in total. The average Bonchev–Trinajstić information content (AvgIpc) is 2.59. The third-order valence-electron chi connectivity index (χ3n) is 4.22. The molecule has 0 spiro atoms.